The van der Waals surface area contributed by atoms with Crippen molar-refractivity contribution in [2.24, 2.45) is 11.1 Å². The molecule has 32 heavy (non-hydrogen) atoms. The van der Waals surface area contributed by atoms with E-state index in [1.807, 2.05) is 59.5 Å². The van der Waals surface area contributed by atoms with Crippen molar-refractivity contribution in [2.75, 3.05) is 19.1 Å². The number of carbonyl (C=O) groups is 2. The molecule has 0 amide bonds. The van der Waals surface area contributed by atoms with Crippen LogP contribution < -0.4 is 15.4 Å². The monoisotopic (exact) mass is 432 g/mol. The second kappa shape index (κ2) is 8.19. The van der Waals surface area contributed by atoms with Crippen LogP contribution in [0.15, 0.2) is 77.3 Å². The summed E-state index contributed by atoms with van der Waals surface area (Å²) >= 11 is 0. The largest absolute Gasteiger partial charge is 0.497 e. The summed E-state index contributed by atoms with van der Waals surface area (Å²) in [6.45, 7) is 4.16. The molecule has 0 fully saturated rings. The molecule has 4 rings (SSSR count). The first-order valence-electron chi connectivity index (χ1n) is 10.6. The van der Waals surface area contributed by atoms with Gasteiger partial charge in [0.15, 0.2) is 5.78 Å². The quantitative estimate of drug-likeness (QED) is 0.726. The van der Waals surface area contributed by atoms with Crippen molar-refractivity contribution in [3.63, 3.8) is 0 Å². The molecule has 0 bridgehead atoms. The minimum atomic E-state index is -0.605. The van der Waals surface area contributed by atoms with Crippen LogP contribution in [0.25, 0.3) is 0 Å². The summed E-state index contributed by atoms with van der Waals surface area (Å²) in [6, 6.07) is 17.0. The number of carbonyl (C=O) groups excluding carboxylic acids is 2. The van der Waals surface area contributed by atoms with Gasteiger partial charge in [-0.2, -0.15) is 0 Å². The van der Waals surface area contributed by atoms with Crippen LogP contribution in [0.1, 0.15) is 38.2 Å². The van der Waals surface area contributed by atoms with Gasteiger partial charge < -0.3 is 15.2 Å². The first-order valence-corrected chi connectivity index (χ1v) is 10.6. The molecule has 0 spiro atoms. The van der Waals surface area contributed by atoms with Crippen LogP contribution in [0.5, 0.6) is 5.75 Å². The minimum absolute atomic E-state index is 0.0203. The van der Waals surface area contributed by atoms with E-state index >= 15 is 0 Å². The maximum absolute atomic E-state index is 13.6. The molecule has 6 heteroatoms. The molecule has 2 aliphatic rings. The number of hydrogen-bond donors (Lipinski definition) is 1. The molecule has 0 saturated heterocycles. The lowest BCUT2D eigenvalue weighted by Crippen LogP contribution is -2.43. The van der Waals surface area contributed by atoms with Gasteiger partial charge in [-0.25, -0.2) is 4.79 Å². The fraction of sp³-hybridized carbons (Fsp3) is 0.308. The number of Topliss-reactive ketones (excluding diaryl/α,β-unsaturated/α-hetero) is 1. The van der Waals surface area contributed by atoms with E-state index in [1.165, 1.54) is 7.11 Å². The number of ketones is 1. The van der Waals surface area contributed by atoms with Gasteiger partial charge >= 0.3 is 5.97 Å². The van der Waals surface area contributed by atoms with Crippen molar-refractivity contribution < 1.29 is 19.1 Å². The number of para-hydroxylation sites is 1. The van der Waals surface area contributed by atoms with Crippen LogP contribution in [0.3, 0.4) is 0 Å². The number of nitrogens with zero attached hydrogens (tertiary/aromatic N) is 1. The molecule has 0 saturated carbocycles. The Morgan fingerprint density at radius 1 is 1.03 bits per heavy atom. The third kappa shape index (κ3) is 3.66. The molecular formula is C26H28N2O4. The number of nitrogens with two attached hydrogens (primary N) is 1. The molecule has 1 heterocycles. The summed E-state index contributed by atoms with van der Waals surface area (Å²) in [5, 5.41) is 0. The Hall–Kier alpha value is -3.54. The Morgan fingerprint density at radius 3 is 2.28 bits per heavy atom. The molecular weight excluding hydrogens is 404 g/mol. The predicted molar refractivity (Wildman–Crippen MR) is 123 cm³/mol. The molecule has 1 atom stereocenters. The van der Waals surface area contributed by atoms with E-state index in [1.54, 1.807) is 7.11 Å². The average molecular weight is 433 g/mol. The van der Waals surface area contributed by atoms with Gasteiger partial charge in [-0.05, 0) is 41.7 Å². The van der Waals surface area contributed by atoms with Crippen LogP contribution >= 0.6 is 0 Å². The number of anilines is 1. The van der Waals surface area contributed by atoms with Crippen molar-refractivity contribution in [1.82, 2.24) is 0 Å². The lowest BCUT2D eigenvalue weighted by atomic mass is 9.68. The van der Waals surface area contributed by atoms with Crippen LogP contribution in [0, 0.1) is 5.41 Å². The van der Waals surface area contributed by atoms with Crippen molar-refractivity contribution >= 4 is 17.4 Å². The molecule has 0 radical (unpaired) electrons. The summed E-state index contributed by atoms with van der Waals surface area (Å²) in [6.07, 6.45) is 1.06. The number of benzene rings is 2. The van der Waals surface area contributed by atoms with Crippen molar-refractivity contribution in [2.45, 2.75) is 32.6 Å². The Balaban J connectivity index is 2.00. The van der Waals surface area contributed by atoms with E-state index in [0.29, 0.717) is 24.2 Å². The molecule has 1 aliphatic heterocycles. The third-order valence-corrected chi connectivity index (χ3v) is 6.13. The van der Waals surface area contributed by atoms with Crippen molar-refractivity contribution in [1.29, 1.82) is 0 Å². The number of esters is 1. The fourth-order valence-electron chi connectivity index (χ4n) is 4.72. The van der Waals surface area contributed by atoms with Gasteiger partial charge in [0.05, 0.1) is 25.7 Å². The number of methoxy groups -OCH3 is 2. The Labute approximate surface area is 188 Å². The molecule has 1 aliphatic carbocycles. The summed E-state index contributed by atoms with van der Waals surface area (Å²) < 4.78 is 10.4. The average Bonchev–Trinajstić information content (AvgIpc) is 2.77. The molecule has 166 valence electrons. The second-order valence-electron chi connectivity index (χ2n) is 8.97. The molecule has 0 aromatic heterocycles. The zero-order chi connectivity index (χ0) is 23.0. The molecule has 2 aromatic carbocycles. The number of hydrogen-bond acceptors (Lipinski definition) is 6. The number of ether oxygens (including phenoxy) is 2. The fourth-order valence-corrected chi connectivity index (χ4v) is 4.72. The number of rotatable bonds is 4. The molecule has 2 N–H and O–H groups in total. The van der Waals surface area contributed by atoms with E-state index in [0.717, 1.165) is 16.9 Å². The lowest BCUT2D eigenvalue weighted by Gasteiger charge is -2.44. The molecule has 0 unspecified atom stereocenters. The van der Waals surface area contributed by atoms with Gasteiger partial charge in [-0.3, -0.25) is 9.69 Å². The molecule has 2 aromatic rings. The third-order valence-electron chi connectivity index (χ3n) is 6.13. The SMILES string of the molecule is COC(=O)C1=C(N)N(c2ccccc2)C2=C(C(=O)CC(C)(C)C2)[C@@H]1c1ccc(OC)cc1. The highest BCUT2D eigenvalue weighted by atomic mass is 16.5. The summed E-state index contributed by atoms with van der Waals surface area (Å²) in [5.41, 5.74) is 9.78. The van der Waals surface area contributed by atoms with Crippen LogP contribution in [0.4, 0.5) is 5.69 Å². The summed E-state index contributed by atoms with van der Waals surface area (Å²) in [5.74, 6) is -0.155. The smallest absolute Gasteiger partial charge is 0.338 e. The van der Waals surface area contributed by atoms with Crippen molar-refractivity contribution in [3.05, 3.63) is 82.8 Å². The normalized spacial score (nSPS) is 20.2. The van der Waals surface area contributed by atoms with Crippen LogP contribution in [-0.2, 0) is 14.3 Å². The van der Waals surface area contributed by atoms with E-state index in [4.69, 9.17) is 15.2 Å². The molecule has 6 nitrogen and oxygen atoms in total. The van der Waals surface area contributed by atoms with Gasteiger partial charge in [-0.1, -0.05) is 44.2 Å². The van der Waals surface area contributed by atoms with Gasteiger partial charge in [0.1, 0.15) is 11.6 Å². The highest BCUT2D eigenvalue weighted by molar-refractivity contribution is 6.05. The second-order valence-corrected chi connectivity index (χ2v) is 8.97. The zero-order valence-electron chi connectivity index (χ0n) is 18.8. The van der Waals surface area contributed by atoms with E-state index in [2.05, 4.69) is 13.8 Å². The first-order chi connectivity index (χ1) is 15.3. The van der Waals surface area contributed by atoms with Gasteiger partial charge in [-0.15, -0.1) is 0 Å². The Morgan fingerprint density at radius 2 is 1.69 bits per heavy atom. The van der Waals surface area contributed by atoms with Gasteiger partial charge in [0.25, 0.3) is 0 Å². The maximum Gasteiger partial charge on any atom is 0.338 e. The summed E-state index contributed by atoms with van der Waals surface area (Å²) in [7, 11) is 2.93. The van der Waals surface area contributed by atoms with E-state index in [-0.39, 0.29) is 22.6 Å². The predicted octanol–water partition coefficient (Wildman–Crippen LogP) is 4.29. The highest BCUT2D eigenvalue weighted by Crippen LogP contribution is 2.50. The minimum Gasteiger partial charge on any atom is -0.497 e. The van der Waals surface area contributed by atoms with Crippen LogP contribution in [-0.4, -0.2) is 26.0 Å². The van der Waals surface area contributed by atoms with Gasteiger partial charge in [0.2, 0.25) is 0 Å². The van der Waals surface area contributed by atoms with Crippen molar-refractivity contribution in [3.8, 4) is 5.75 Å². The number of allylic oxidation sites excluding steroid dienone is 2. The van der Waals surface area contributed by atoms with Gasteiger partial charge in [0, 0.05) is 23.4 Å². The maximum atomic E-state index is 13.6. The van der Waals surface area contributed by atoms with Crippen LogP contribution in [0.2, 0.25) is 0 Å². The topological polar surface area (TPSA) is 81.9 Å². The standard InChI is InChI=1S/C26H28N2O4/c1-26(2)14-19-22(20(29)15-26)21(16-10-12-18(31-3)13-11-16)23(25(30)32-4)24(27)28(19)17-8-6-5-7-9-17/h5-13,21H,14-15,27H2,1-4H3/t21-/m0/s1. The Bertz CT molecular complexity index is 1110. The summed E-state index contributed by atoms with van der Waals surface area (Å²) in [4.78, 5) is 28.4. The Kier molecular flexibility index (Phi) is 5.55. The zero-order valence-corrected chi connectivity index (χ0v) is 18.8. The van der Waals surface area contributed by atoms with E-state index in [9.17, 15) is 9.59 Å². The lowest BCUT2D eigenvalue weighted by molar-refractivity contribution is -0.136. The van der Waals surface area contributed by atoms with E-state index < -0.39 is 11.9 Å². The first kappa shape index (κ1) is 21.7. The highest BCUT2D eigenvalue weighted by Gasteiger charge is 2.46.